The van der Waals surface area contributed by atoms with Gasteiger partial charge in [-0.25, -0.2) is 9.97 Å². The van der Waals surface area contributed by atoms with Crippen LogP contribution in [0.4, 0.5) is 0 Å². The summed E-state index contributed by atoms with van der Waals surface area (Å²) in [6.45, 7) is 0. The first-order valence-corrected chi connectivity index (χ1v) is 8.67. The van der Waals surface area contributed by atoms with Crippen molar-refractivity contribution in [2.24, 2.45) is 0 Å². The zero-order chi connectivity index (χ0) is 14.8. The largest absolute Gasteiger partial charge is 0.235 e. The van der Waals surface area contributed by atoms with Crippen LogP contribution in [0, 0.1) is 0 Å². The second kappa shape index (κ2) is 5.83. The average Bonchev–Trinajstić information content (AvgIpc) is 3.28. The summed E-state index contributed by atoms with van der Waals surface area (Å²) >= 11 is 3.41. The van der Waals surface area contributed by atoms with Gasteiger partial charge in [0.25, 0.3) is 0 Å². The minimum Gasteiger partial charge on any atom is -0.235 e. The van der Waals surface area contributed by atoms with Gasteiger partial charge < -0.3 is 0 Å². The molecule has 0 saturated heterocycles. The van der Waals surface area contributed by atoms with Gasteiger partial charge in [-0.05, 0) is 28.5 Å². The van der Waals surface area contributed by atoms with Gasteiger partial charge in [0, 0.05) is 5.56 Å². The second-order valence-corrected chi connectivity index (χ2v) is 6.66. The highest BCUT2D eigenvalue weighted by molar-refractivity contribution is 7.14. The normalized spacial score (nSPS) is 10.7. The lowest BCUT2D eigenvalue weighted by molar-refractivity contribution is 1.19. The van der Waals surface area contributed by atoms with Crippen molar-refractivity contribution in [1.29, 1.82) is 0 Å². The maximum atomic E-state index is 4.57. The molecule has 0 aliphatic heterocycles. The Hall–Kier alpha value is -2.30. The highest BCUT2D eigenvalue weighted by atomic mass is 32.1. The van der Waals surface area contributed by atoms with E-state index in [1.165, 1.54) is 9.75 Å². The topological polar surface area (TPSA) is 25.8 Å². The highest BCUT2D eigenvalue weighted by Gasteiger charge is 2.17. The second-order valence-electron chi connectivity index (χ2n) is 4.77. The summed E-state index contributed by atoms with van der Waals surface area (Å²) in [5, 5.41) is 4.16. The number of benzene rings is 1. The molecule has 0 unspecified atom stereocenters. The van der Waals surface area contributed by atoms with Crippen molar-refractivity contribution in [2.45, 2.75) is 0 Å². The Balaban J connectivity index is 2.03. The molecule has 0 fully saturated rings. The summed E-state index contributed by atoms with van der Waals surface area (Å²) in [5.74, 6) is 0. The predicted octanol–water partition coefficient (Wildman–Crippen LogP) is 5.60. The van der Waals surface area contributed by atoms with Crippen LogP contribution in [0.1, 0.15) is 0 Å². The molecule has 0 aliphatic rings. The van der Waals surface area contributed by atoms with Crippen LogP contribution >= 0.6 is 22.7 Å². The highest BCUT2D eigenvalue weighted by Crippen LogP contribution is 2.39. The van der Waals surface area contributed by atoms with Crippen LogP contribution in [-0.2, 0) is 0 Å². The molecule has 3 heterocycles. The van der Waals surface area contributed by atoms with Crippen molar-refractivity contribution in [3.05, 3.63) is 71.7 Å². The first kappa shape index (κ1) is 13.4. The molecule has 106 valence electrons. The summed E-state index contributed by atoms with van der Waals surface area (Å²) < 4.78 is 0. The van der Waals surface area contributed by atoms with Gasteiger partial charge in [0.2, 0.25) is 0 Å². The van der Waals surface area contributed by atoms with E-state index in [0.29, 0.717) is 0 Å². The van der Waals surface area contributed by atoms with Gasteiger partial charge in [0.05, 0.1) is 21.1 Å². The van der Waals surface area contributed by atoms with Crippen LogP contribution in [0.5, 0.6) is 0 Å². The molecule has 0 atom stereocenters. The van der Waals surface area contributed by atoms with E-state index < -0.39 is 0 Å². The van der Waals surface area contributed by atoms with Crippen molar-refractivity contribution in [3.8, 4) is 32.3 Å². The Bertz CT molecular complexity index is 814. The Morgan fingerprint density at radius 1 is 0.636 bits per heavy atom. The van der Waals surface area contributed by atoms with Crippen LogP contribution in [0.2, 0.25) is 0 Å². The number of aromatic nitrogens is 2. The smallest absolute Gasteiger partial charge is 0.116 e. The summed E-state index contributed by atoms with van der Waals surface area (Å²) in [5.41, 5.74) is 4.25. The van der Waals surface area contributed by atoms with E-state index in [1.807, 2.05) is 6.07 Å². The van der Waals surface area contributed by atoms with Crippen LogP contribution in [-0.4, -0.2) is 9.97 Å². The SMILES string of the molecule is c1ccc(-c2c(-c3cccs3)ncnc2-c2cccs2)cc1. The van der Waals surface area contributed by atoms with Gasteiger partial charge in [-0.2, -0.15) is 0 Å². The molecule has 4 heteroatoms. The molecule has 22 heavy (non-hydrogen) atoms. The van der Waals surface area contributed by atoms with E-state index in [-0.39, 0.29) is 0 Å². The molecule has 0 amide bonds. The Labute approximate surface area is 136 Å². The zero-order valence-electron chi connectivity index (χ0n) is 11.6. The first-order valence-electron chi connectivity index (χ1n) is 6.91. The summed E-state index contributed by atoms with van der Waals surface area (Å²) in [4.78, 5) is 11.5. The molecule has 0 bridgehead atoms. The fraction of sp³-hybridized carbons (Fsp3) is 0. The van der Waals surface area contributed by atoms with Crippen molar-refractivity contribution in [1.82, 2.24) is 9.97 Å². The van der Waals surface area contributed by atoms with Gasteiger partial charge in [-0.1, -0.05) is 42.5 Å². The minimum atomic E-state index is 1.000. The maximum Gasteiger partial charge on any atom is 0.116 e. The van der Waals surface area contributed by atoms with E-state index in [1.54, 1.807) is 29.0 Å². The minimum absolute atomic E-state index is 1.000. The fourth-order valence-electron chi connectivity index (χ4n) is 2.46. The van der Waals surface area contributed by atoms with Gasteiger partial charge in [-0.3, -0.25) is 0 Å². The molecule has 1 aromatic carbocycles. The third kappa shape index (κ3) is 2.36. The number of thiophene rings is 2. The van der Waals surface area contributed by atoms with Crippen molar-refractivity contribution < 1.29 is 0 Å². The zero-order valence-corrected chi connectivity index (χ0v) is 13.3. The molecule has 0 spiro atoms. The monoisotopic (exact) mass is 320 g/mol. The lowest BCUT2D eigenvalue weighted by Crippen LogP contribution is -1.94. The molecular formula is C18H12N2S2. The van der Waals surface area contributed by atoms with Crippen LogP contribution in [0.15, 0.2) is 71.7 Å². The number of rotatable bonds is 3. The molecule has 0 radical (unpaired) electrons. The summed E-state index contributed by atoms with van der Waals surface area (Å²) in [6.07, 6.45) is 1.66. The predicted molar refractivity (Wildman–Crippen MR) is 94.1 cm³/mol. The van der Waals surface area contributed by atoms with E-state index in [0.717, 1.165) is 22.5 Å². The molecule has 0 aliphatic carbocycles. The van der Waals surface area contributed by atoms with E-state index in [2.05, 4.69) is 69.3 Å². The van der Waals surface area contributed by atoms with E-state index in [4.69, 9.17) is 0 Å². The molecule has 0 N–H and O–H groups in total. The lowest BCUT2D eigenvalue weighted by atomic mass is 10.00. The third-order valence-electron chi connectivity index (χ3n) is 3.42. The standard InChI is InChI=1S/C18H12N2S2/c1-2-6-13(7-3-1)16-17(14-8-4-10-21-14)19-12-20-18(16)15-9-5-11-22-15/h1-12H. The Morgan fingerprint density at radius 2 is 1.23 bits per heavy atom. The number of hydrogen-bond donors (Lipinski definition) is 0. The van der Waals surface area contributed by atoms with Gasteiger partial charge in [0.1, 0.15) is 6.33 Å². The Kier molecular flexibility index (Phi) is 3.54. The number of hydrogen-bond acceptors (Lipinski definition) is 4. The average molecular weight is 320 g/mol. The molecule has 2 nitrogen and oxygen atoms in total. The molecule has 0 saturated carbocycles. The quantitative estimate of drug-likeness (QED) is 0.491. The lowest BCUT2D eigenvalue weighted by Gasteiger charge is -2.11. The van der Waals surface area contributed by atoms with E-state index >= 15 is 0 Å². The molecule has 3 aromatic heterocycles. The van der Waals surface area contributed by atoms with Gasteiger partial charge in [-0.15, -0.1) is 22.7 Å². The first-order chi connectivity index (χ1) is 10.9. The van der Waals surface area contributed by atoms with Crippen molar-refractivity contribution in [2.75, 3.05) is 0 Å². The van der Waals surface area contributed by atoms with Crippen molar-refractivity contribution in [3.63, 3.8) is 0 Å². The summed E-state index contributed by atoms with van der Waals surface area (Å²) in [6, 6.07) is 18.7. The van der Waals surface area contributed by atoms with Crippen LogP contribution in [0.25, 0.3) is 32.3 Å². The Morgan fingerprint density at radius 3 is 1.73 bits per heavy atom. The molecule has 4 aromatic rings. The van der Waals surface area contributed by atoms with E-state index in [9.17, 15) is 0 Å². The van der Waals surface area contributed by atoms with Crippen LogP contribution < -0.4 is 0 Å². The molecule has 4 rings (SSSR count). The maximum absolute atomic E-state index is 4.57. The van der Waals surface area contributed by atoms with Gasteiger partial charge in [0.15, 0.2) is 0 Å². The summed E-state index contributed by atoms with van der Waals surface area (Å²) in [7, 11) is 0. The van der Waals surface area contributed by atoms with Gasteiger partial charge >= 0.3 is 0 Å². The number of nitrogens with zero attached hydrogens (tertiary/aromatic N) is 2. The third-order valence-corrected chi connectivity index (χ3v) is 5.17. The van der Waals surface area contributed by atoms with Crippen molar-refractivity contribution >= 4 is 22.7 Å². The molecular weight excluding hydrogens is 308 g/mol. The fourth-order valence-corrected chi connectivity index (χ4v) is 3.92. The van der Waals surface area contributed by atoms with Crippen LogP contribution in [0.3, 0.4) is 0 Å².